The molecule has 1 atom stereocenters. The van der Waals surface area contributed by atoms with Gasteiger partial charge < -0.3 is 5.73 Å². The van der Waals surface area contributed by atoms with Crippen LogP contribution < -0.4 is 5.73 Å². The summed E-state index contributed by atoms with van der Waals surface area (Å²) in [4.78, 5) is 0. The molecule has 2 rings (SSSR count). The van der Waals surface area contributed by atoms with E-state index < -0.39 is 0 Å². The molecule has 2 N–H and O–H groups in total. The summed E-state index contributed by atoms with van der Waals surface area (Å²) in [5, 5.41) is 1.32. The lowest BCUT2D eigenvalue weighted by atomic mass is 9.98. The van der Waals surface area contributed by atoms with E-state index in [2.05, 4.69) is 0 Å². The fraction of sp³-hybridized carbons (Fsp3) is 0.200. The second-order valence-electron chi connectivity index (χ2n) is 4.68. The Balaban J connectivity index is 2.25. The number of nitrogens with two attached hydrogens (primary N) is 1. The lowest BCUT2D eigenvalue weighted by molar-refractivity contribution is 0.615. The van der Waals surface area contributed by atoms with Crippen molar-refractivity contribution in [2.75, 3.05) is 0 Å². The van der Waals surface area contributed by atoms with Crippen molar-refractivity contribution in [3.8, 4) is 0 Å². The number of aryl methyl sites for hydroxylation is 1. The van der Waals surface area contributed by atoms with Crippen LogP contribution in [0.2, 0.25) is 15.1 Å². The van der Waals surface area contributed by atoms with E-state index in [4.69, 9.17) is 40.5 Å². The van der Waals surface area contributed by atoms with Gasteiger partial charge in [0.15, 0.2) is 0 Å². The van der Waals surface area contributed by atoms with Gasteiger partial charge >= 0.3 is 0 Å². The molecular formula is C15H13Cl3FN. The first kappa shape index (κ1) is 15.6. The minimum absolute atomic E-state index is 0.333. The molecule has 1 nitrogen and oxygen atoms in total. The smallest absolute Gasteiger partial charge is 0.127 e. The van der Waals surface area contributed by atoms with Crippen LogP contribution in [0.15, 0.2) is 30.3 Å². The number of hydrogen-bond donors (Lipinski definition) is 1. The molecule has 0 radical (unpaired) electrons. The van der Waals surface area contributed by atoms with E-state index in [1.165, 1.54) is 6.07 Å². The molecule has 0 aliphatic carbocycles. The van der Waals surface area contributed by atoms with Gasteiger partial charge in [-0.3, -0.25) is 0 Å². The maximum Gasteiger partial charge on any atom is 0.127 e. The number of benzene rings is 2. The molecule has 0 aliphatic rings. The Morgan fingerprint density at radius 3 is 2.40 bits per heavy atom. The van der Waals surface area contributed by atoms with Gasteiger partial charge in [-0.15, -0.1) is 0 Å². The predicted octanol–water partition coefficient (Wildman–Crippen LogP) is 5.34. The van der Waals surface area contributed by atoms with Crippen LogP contribution in [0.25, 0.3) is 0 Å². The Hall–Kier alpha value is -0.800. The van der Waals surface area contributed by atoms with E-state index >= 15 is 0 Å². The normalized spacial score (nSPS) is 12.5. The largest absolute Gasteiger partial charge is 0.324 e. The highest BCUT2D eigenvalue weighted by Gasteiger charge is 2.14. The van der Waals surface area contributed by atoms with Gasteiger partial charge in [0.05, 0.1) is 10.0 Å². The molecule has 0 bridgehead atoms. The number of rotatable bonds is 3. The van der Waals surface area contributed by atoms with Crippen molar-refractivity contribution >= 4 is 34.8 Å². The highest BCUT2D eigenvalue weighted by Crippen LogP contribution is 2.29. The van der Waals surface area contributed by atoms with Gasteiger partial charge in [0.25, 0.3) is 0 Å². The molecule has 0 amide bonds. The maximum absolute atomic E-state index is 13.4. The van der Waals surface area contributed by atoms with Crippen molar-refractivity contribution in [1.82, 2.24) is 0 Å². The summed E-state index contributed by atoms with van der Waals surface area (Å²) < 4.78 is 13.4. The molecule has 106 valence electrons. The van der Waals surface area contributed by atoms with Crippen LogP contribution in [0.4, 0.5) is 4.39 Å². The minimum Gasteiger partial charge on any atom is -0.324 e. The zero-order valence-corrected chi connectivity index (χ0v) is 13.0. The molecular weight excluding hydrogens is 320 g/mol. The summed E-state index contributed by atoms with van der Waals surface area (Å²) in [6, 6.07) is 8.00. The van der Waals surface area contributed by atoms with Crippen LogP contribution in [0.1, 0.15) is 22.7 Å². The van der Waals surface area contributed by atoms with Crippen molar-refractivity contribution in [3.63, 3.8) is 0 Å². The molecule has 0 spiro atoms. The molecule has 5 heteroatoms. The van der Waals surface area contributed by atoms with Gasteiger partial charge in [-0.2, -0.15) is 0 Å². The average molecular weight is 333 g/mol. The number of halogens is 4. The van der Waals surface area contributed by atoms with Crippen molar-refractivity contribution in [2.45, 2.75) is 19.4 Å². The topological polar surface area (TPSA) is 26.0 Å². The second-order valence-corrected chi connectivity index (χ2v) is 5.90. The van der Waals surface area contributed by atoms with Crippen LogP contribution in [0, 0.1) is 12.7 Å². The third-order valence-electron chi connectivity index (χ3n) is 3.12. The molecule has 0 aromatic heterocycles. The van der Waals surface area contributed by atoms with E-state index in [1.54, 1.807) is 25.1 Å². The average Bonchev–Trinajstić information content (AvgIpc) is 2.38. The summed E-state index contributed by atoms with van der Waals surface area (Å²) in [5.74, 6) is -0.333. The van der Waals surface area contributed by atoms with E-state index in [0.29, 0.717) is 27.1 Å². The van der Waals surface area contributed by atoms with E-state index in [-0.39, 0.29) is 11.9 Å². The molecule has 1 unspecified atom stereocenters. The quantitative estimate of drug-likeness (QED) is 0.807. The summed E-state index contributed by atoms with van der Waals surface area (Å²) in [5.41, 5.74) is 8.34. The zero-order chi connectivity index (χ0) is 14.9. The Kier molecular flexibility index (Phi) is 4.92. The first-order chi connectivity index (χ1) is 9.38. The minimum atomic E-state index is -0.334. The zero-order valence-electron chi connectivity index (χ0n) is 10.8. The van der Waals surface area contributed by atoms with Gasteiger partial charge in [0.2, 0.25) is 0 Å². The Morgan fingerprint density at radius 1 is 1.05 bits per heavy atom. The van der Waals surface area contributed by atoms with Crippen molar-refractivity contribution < 1.29 is 4.39 Å². The highest BCUT2D eigenvalue weighted by molar-refractivity contribution is 6.42. The molecule has 20 heavy (non-hydrogen) atoms. The highest BCUT2D eigenvalue weighted by atomic mass is 35.5. The lowest BCUT2D eigenvalue weighted by Gasteiger charge is -2.15. The summed E-state index contributed by atoms with van der Waals surface area (Å²) in [6.07, 6.45) is 0.543. The Labute approximate surface area is 132 Å². The Bertz CT molecular complexity index is 643. The van der Waals surface area contributed by atoms with Crippen LogP contribution in [0.5, 0.6) is 0 Å². The van der Waals surface area contributed by atoms with Crippen molar-refractivity contribution in [3.05, 3.63) is 67.9 Å². The van der Waals surface area contributed by atoms with Gasteiger partial charge in [-0.1, -0.05) is 46.9 Å². The molecule has 0 heterocycles. The first-order valence-electron chi connectivity index (χ1n) is 6.03. The molecule has 2 aromatic rings. The molecule has 0 fully saturated rings. The molecule has 2 aromatic carbocycles. The first-order valence-corrected chi connectivity index (χ1v) is 7.17. The monoisotopic (exact) mass is 331 g/mol. The number of hydrogen-bond acceptors (Lipinski definition) is 1. The molecule has 0 aliphatic heterocycles. The van der Waals surface area contributed by atoms with Crippen LogP contribution in [0.3, 0.4) is 0 Å². The van der Waals surface area contributed by atoms with Crippen molar-refractivity contribution in [2.24, 2.45) is 5.73 Å². The van der Waals surface area contributed by atoms with Gasteiger partial charge in [0, 0.05) is 11.1 Å². The molecule has 0 saturated carbocycles. The summed E-state index contributed by atoms with van der Waals surface area (Å²) in [7, 11) is 0. The second kappa shape index (κ2) is 6.31. The Morgan fingerprint density at radius 2 is 1.75 bits per heavy atom. The SMILES string of the molecule is Cc1cc(C(N)Cc2ccc(Cl)c(Cl)c2)c(Cl)cc1F. The van der Waals surface area contributed by atoms with Crippen LogP contribution in [-0.2, 0) is 6.42 Å². The lowest BCUT2D eigenvalue weighted by Crippen LogP contribution is -2.14. The van der Waals surface area contributed by atoms with Crippen LogP contribution >= 0.6 is 34.8 Å². The third-order valence-corrected chi connectivity index (χ3v) is 4.18. The standard InChI is InChI=1S/C15H13Cl3FN/c1-8-4-10(12(17)7-14(8)19)15(20)6-9-2-3-11(16)13(18)5-9/h2-5,7,15H,6,20H2,1H3. The van der Waals surface area contributed by atoms with Gasteiger partial charge in [-0.25, -0.2) is 4.39 Å². The molecule has 0 saturated heterocycles. The van der Waals surface area contributed by atoms with Crippen molar-refractivity contribution in [1.29, 1.82) is 0 Å². The summed E-state index contributed by atoms with van der Waals surface area (Å²) >= 11 is 17.9. The van der Waals surface area contributed by atoms with Gasteiger partial charge in [0.1, 0.15) is 5.82 Å². The third kappa shape index (κ3) is 3.44. The van der Waals surface area contributed by atoms with E-state index in [1.807, 2.05) is 6.07 Å². The maximum atomic E-state index is 13.4. The fourth-order valence-corrected chi connectivity index (χ4v) is 2.61. The van der Waals surface area contributed by atoms with E-state index in [0.717, 1.165) is 11.1 Å². The predicted molar refractivity (Wildman–Crippen MR) is 83.2 cm³/mol. The van der Waals surface area contributed by atoms with Gasteiger partial charge in [-0.05, 0) is 48.2 Å². The van der Waals surface area contributed by atoms with Crippen LogP contribution in [-0.4, -0.2) is 0 Å². The fourth-order valence-electron chi connectivity index (χ4n) is 1.99. The van der Waals surface area contributed by atoms with E-state index in [9.17, 15) is 4.39 Å². The summed E-state index contributed by atoms with van der Waals surface area (Å²) in [6.45, 7) is 1.68.